The van der Waals surface area contributed by atoms with Crippen LogP contribution in [0.3, 0.4) is 0 Å². The van der Waals surface area contributed by atoms with E-state index in [1.165, 1.54) is 18.2 Å². The van der Waals surface area contributed by atoms with E-state index >= 15 is 0 Å². The molecule has 20 heavy (non-hydrogen) atoms. The summed E-state index contributed by atoms with van der Waals surface area (Å²) in [5.41, 5.74) is 0.554. The molecular formula is C15H19NO3S. The van der Waals surface area contributed by atoms with Crippen LogP contribution < -0.4 is 0 Å². The highest BCUT2D eigenvalue weighted by Crippen LogP contribution is 2.27. The maximum atomic E-state index is 12.2. The van der Waals surface area contributed by atoms with Crippen LogP contribution in [0.25, 0.3) is 6.08 Å². The minimum Gasteiger partial charge on any atom is -0.297 e. The van der Waals surface area contributed by atoms with Gasteiger partial charge in [0.25, 0.3) is 0 Å². The van der Waals surface area contributed by atoms with Gasteiger partial charge in [0.2, 0.25) is 5.78 Å². The second-order valence-corrected chi connectivity index (χ2v) is 6.86. The number of ketones is 1. The molecule has 1 aromatic carbocycles. The molecule has 0 fully saturated rings. The fourth-order valence-electron chi connectivity index (χ4n) is 1.80. The summed E-state index contributed by atoms with van der Waals surface area (Å²) in [4.78, 5) is 12.0. The van der Waals surface area contributed by atoms with Gasteiger partial charge in [0.1, 0.15) is 5.71 Å². The van der Waals surface area contributed by atoms with Gasteiger partial charge in [-0.05, 0) is 26.0 Å². The van der Waals surface area contributed by atoms with Crippen LogP contribution >= 0.6 is 0 Å². The Balaban J connectivity index is 0.000000956. The first-order valence-corrected chi connectivity index (χ1v) is 8.08. The SMILES string of the molecule is CC.CC(C)S(=O)(=O)c1cccc2c1C=CC(=N)C2=O. The summed E-state index contributed by atoms with van der Waals surface area (Å²) >= 11 is 0. The Kier molecular flexibility index (Phi) is 5.00. The first-order chi connectivity index (χ1) is 9.35. The molecule has 0 unspecified atom stereocenters. The van der Waals surface area contributed by atoms with Crippen LogP contribution in [-0.2, 0) is 9.84 Å². The molecule has 1 N–H and O–H groups in total. The number of hydrogen-bond donors (Lipinski definition) is 1. The number of carbonyl (C=O) groups is 1. The van der Waals surface area contributed by atoms with E-state index in [9.17, 15) is 13.2 Å². The molecule has 108 valence electrons. The molecule has 1 aliphatic rings. The number of carbonyl (C=O) groups excluding carboxylic acids is 1. The largest absolute Gasteiger partial charge is 0.297 e. The van der Waals surface area contributed by atoms with E-state index in [1.807, 2.05) is 13.8 Å². The van der Waals surface area contributed by atoms with E-state index < -0.39 is 20.9 Å². The van der Waals surface area contributed by atoms with Crippen molar-refractivity contribution in [1.82, 2.24) is 0 Å². The second-order valence-electron chi connectivity index (χ2n) is 4.39. The third-order valence-electron chi connectivity index (χ3n) is 2.90. The monoisotopic (exact) mass is 293 g/mol. The van der Waals surface area contributed by atoms with E-state index in [-0.39, 0.29) is 16.2 Å². The molecule has 0 spiro atoms. The highest BCUT2D eigenvalue weighted by Gasteiger charge is 2.27. The fraction of sp³-hybridized carbons (Fsp3) is 0.333. The predicted octanol–water partition coefficient (Wildman–Crippen LogP) is 3.12. The molecule has 0 aromatic heterocycles. The van der Waals surface area contributed by atoms with Crippen molar-refractivity contribution in [3.05, 3.63) is 35.4 Å². The van der Waals surface area contributed by atoms with Crippen molar-refractivity contribution in [2.75, 3.05) is 0 Å². The summed E-state index contributed by atoms with van der Waals surface area (Å²) in [6, 6.07) is 4.59. The predicted molar refractivity (Wildman–Crippen MR) is 81.2 cm³/mol. The van der Waals surface area contributed by atoms with Crippen molar-refractivity contribution in [3.8, 4) is 0 Å². The van der Waals surface area contributed by atoms with Crippen molar-refractivity contribution in [2.24, 2.45) is 0 Å². The van der Waals surface area contributed by atoms with Crippen molar-refractivity contribution < 1.29 is 13.2 Å². The van der Waals surface area contributed by atoms with Gasteiger partial charge in [-0.2, -0.15) is 0 Å². The lowest BCUT2D eigenvalue weighted by Crippen LogP contribution is -2.20. The smallest absolute Gasteiger partial charge is 0.211 e. The molecule has 0 amide bonds. The highest BCUT2D eigenvalue weighted by molar-refractivity contribution is 7.92. The first kappa shape index (κ1) is 16.3. The number of allylic oxidation sites excluding steroid dienone is 1. The van der Waals surface area contributed by atoms with Gasteiger partial charge in [0.15, 0.2) is 9.84 Å². The van der Waals surface area contributed by atoms with E-state index in [0.717, 1.165) is 0 Å². The highest BCUT2D eigenvalue weighted by atomic mass is 32.2. The van der Waals surface area contributed by atoms with Gasteiger partial charge in [0.05, 0.1) is 10.1 Å². The molecule has 0 radical (unpaired) electrons. The molecule has 5 heteroatoms. The summed E-state index contributed by atoms with van der Waals surface area (Å²) in [7, 11) is -3.43. The van der Waals surface area contributed by atoms with Crippen LogP contribution in [0.15, 0.2) is 29.2 Å². The Labute approximate surface area is 119 Å². The number of hydrogen-bond acceptors (Lipinski definition) is 4. The standard InChI is InChI=1S/C13H13NO3S.C2H6/c1-8(2)18(16,17)12-5-3-4-10-9(12)6-7-11(14)13(10)15;1-2/h3-8,14H,1-2H3;1-2H3. The molecule has 0 bridgehead atoms. The number of benzene rings is 1. The Bertz CT molecular complexity index is 670. The van der Waals surface area contributed by atoms with Gasteiger partial charge < -0.3 is 0 Å². The molecular weight excluding hydrogens is 274 g/mol. The Morgan fingerprint density at radius 2 is 1.70 bits per heavy atom. The fourth-order valence-corrected chi connectivity index (χ4v) is 3.06. The Hall–Kier alpha value is -1.75. The average Bonchev–Trinajstić information content (AvgIpc) is 2.44. The summed E-state index contributed by atoms with van der Waals surface area (Å²) in [5.74, 6) is -0.437. The van der Waals surface area contributed by atoms with Crippen molar-refractivity contribution >= 4 is 27.4 Å². The maximum absolute atomic E-state index is 12.2. The van der Waals surface area contributed by atoms with E-state index in [4.69, 9.17) is 5.41 Å². The third-order valence-corrected chi connectivity index (χ3v) is 5.11. The zero-order chi connectivity index (χ0) is 15.5. The number of sulfone groups is 1. The molecule has 0 saturated carbocycles. The lowest BCUT2D eigenvalue weighted by atomic mass is 9.95. The molecule has 1 aromatic rings. The lowest BCUT2D eigenvalue weighted by molar-refractivity contribution is 0.106. The van der Waals surface area contributed by atoms with E-state index in [1.54, 1.807) is 26.0 Å². The van der Waals surface area contributed by atoms with Crippen molar-refractivity contribution in [3.63, 3.8) is 0 Å². The molecule has 0 saturated heterocycles. The Morgan fingerprint density at radius 3 is 2.25 bits per heavy atom. The van der Waals surface area contributed by atoms with E-state index in [2.05, 4.69) is 0 Å². The van der Waals surface area contributed by atoms with Gasteiger partial charge in [-0.25, -0.2) is 8.42 Å². The quantitative estimate of drug-likeness (QED) is 0.910. The van der Waals surface area contributed by atoms with Gasteiger partial charge in [-0.15, -0.1) is 0 Å². The number of nitrogens with one attached hydrogen (secondary N) is 1. The number of Topliss-reactive ketones (excluding diaryl/α,β-unsaturated/α-hetero) is 1. The van der Waals surface area contributed by atoms with Crippen LogP contribution in [-0.4, -0.2) is 25.2 Å². The zero-order valence-electron chi connectivity index (χ0n) is 12.1. The van der Waals surface area contributed by atoms with E-state index in [0.29, 0.717) is 5.56 Å². The molecule has 1 aliphatic carbocycles. The summed E-state index contributed by atoms with van der Waals surface area (Å²) < 4.78 is 24.4. The summed E-state index contributed by atoms with van der Waals surface area (Å²) in [6.45, 7) is 7.20. The molecule has 2 rings (SSSR count). The minimum absolute atomic E-state index is 0.124. The van der Waals surface area contributed by atoms with Gasteiger partial charge in [0, 0.05) is 11.1 Å². The molecule has 0 atom stereocenters. The third kappa shape index (κ3) is 2.72. The summed E-state index contributed by atoms with van der Waals surface area (Å²) in [6.07, 6.45) is 2.86. The second kappa shape index (κ2) is 6.13. The first-order valence-electron chi connectivity index (χ1n) is 6.54. The number of fused-ring (bicyclic) bond motifs is 1. The number of rotatable bonds is 2. The van der Waals surface area contributed by atoms with Crippen LogP contribution in [0.1, 0.15) is 43.6 Å². The zero-order valence-corrected chi connectivity index (χ0v) is 12.9. The van der Waals surface area contributed by atoms with Crippen LogP contribution in [0.5, 0.6) is 0 Å². The topological polar surface area (TPSA) is 75.1 Å². The van der Waals surface area contributed by atoms with Crippen LogP contribution in [0, 0.1) is 5.41 Å². The lowest BCUT2D eigenvalue weighted by Gasteiger charge is -2.16. The van der Waals surface area contributed by atoms with Gasteiger partial charge in [-0.3, -0.25) is 10.2 Å². The summed E-state index contributed by atoms with van der Waals surface area (Å²) in [5, 5.41) is 6.90. The van der Waals surface area contributed by atoms with Crippen molar-refractivity contribution in [1.29, 1.82) is 5.41 Å². The normalized spacial score (nSPS) is 13.8. The maximum Gasteiger partial charge on any atom is 0.211 e. The molecule has 0 heterocycles. The van der Waals surface area contributed by atoms with Gasteiger partial charge >= 0.3 is 0 Å². The molecule has 0 aliphatic heterocycles. The van der Waals surface area contributed by atoms with Crippen LogP contribution in [0.4, 0.5) is 0 Å². The Morgan fingerprint density at radius 1 is 1.10 bits per heavy atom. The average molecular weight is 293 g/mol. The van der Waals surface area contributed by atoms with Crippen molar-refractivity contribution in [2.45, 2.75) is 37.8 Å². The molecule has 4 nitrogen and oxygen atoms in total. The van der Waals surface area contributed by atoms with Crippen LogP contribution in [0.2, 0.25) is 0 Å². The minimum atomic E-state index is -3.43. The van der Waals surface area contributed by atoms with Gasteiger partial charge in [-0.1, -0.05) is 32.1 Å².